The summed E-state index contributed by atoms with van der Waals surface area (Å²) in [6.45, 7) is 2.52. The zero-order valence-electron chi connectivity index (χ0n) is 13.1. The first-order valence-corrected chi connectivity index (χ1v) is 9.30. The van der Waals surface area contributed by atoms with Crippen LogP contribution in [0.4, 0.5) is 4.39 Å². The molecule has 0 N–H and O–H groups in total. The van der Waals surface area contributed by atoms with Gasteiger partial charge in [-0.05, 0) is 37.6 Å². The molecule has 126 valence electrons. The van der Waals surface area contributed by atoms with E-state index in [4.69, 9.17) is 9.15 Å². The zero-order chi connectivity index (χ0) is 16.8. The Morgan fingerprint density at radius 1 is 1.25 bits per heavy atom. The fourth-order valence-corrected chi connectivity index (χ4v) is 3.25. The van der Waals surface area contributed by atoms with Gasteiger partial charge in [0.1, 0.15) is 11.6 Å². The molecule has 0 aliphatic heterocycles. The second-order valence-corrected chi connectivity index (χ2v) is 7.11. The van der Waals surface area contributed by atoms with Gasteiger partial charge in [0.2, 0.25) is 5.89 Å². The molecule has 0 spiro atoms. The lowest BCUT2D eigenvalue weighted by atomic mass is 10.3. The Balaban J connectivity index is 1.37. The minimum atomic E-state index is -0.266. The molecule has 0 bridgehead atoms. The van der Waals surface area contributed by atoms with Crippen LogP contribution < -0.4 is 4.74 Å². The lowest BCUT2D eigenvalue weighted by Crippen LogP contribution is -1.98. The number of thioether (sulfide) groups is 1. The van der Waals surface area contributed by atoms with E-state index in [0.717, 1.165) is 22.9 Å². The van der Waals surface area contributed by atoms with Crippen LogP contribution in [0.25, 0.3) is 0 Å². The Morgan fingerprint density at radius 2 is 2.08 bits per heavy atom. The number of rotatable bonds is 8. The SMILES string of the molecule is Cc1nc(Cc2nnc(SCCCOc3ccc(F)cc3)o2)cs1. The summed E-state index contributed by atoms with van der Waals surface area (Å²) in [4.78, 5) is 4.38. The smallest absolute Gasteiger partial charge is 0.276 e. The Kier molecular flexibility index (Phi) is 5.81. The van der Waals surface area contributed by atoms with Crippen LogP contribution in [0.15, 0.2) is 39.3 Å². The summed E-state index contributed by atoms with van der Waals surface area (Å²) in [6.07, 6.45) is 1.39. The van der Waals surface area contributed by atoms with Gasteiger partial charge in [-0.15, -0.1) is 21.5 Å². The van der Waals surface area contributed by atoms with Gasteiger partial charge in [-0.25, -0.2) is 9.37 Å². The fourth-order valence-electron chi connectivity index (χ4n) is 1.95. The Labute approximate surface area is 147 Å². The first-order chi connectivity index (χ1) is 11.7. The Hall–Kier alpha value is -1.93. The minimum Gasteiger partial charge on any atom is -0.494 e. The van der Waals surface area contributed by atoms with E-state index < -0.39 is 0 Å². The first-order valence-electron chi connectivity index (χ1n) is 7.43. The molecule has 8 heteroatoms. The third kappa shape index (κ3) is 5.04. The second-order valence-electron chi connectivity index (χ2n) is 5.00. The van der Waals surface area contributed by atoms with Crippen molar-refractivity contribution >= 4 is 23.1 Å². The molecule has 0 saturated heterocycles. The van der Waals surface area contributed by atoms with Crippen LogP contribution in [0, 0.1) is 12.7 Å². The molecule has 0 radical (unpaired) electrons. The molecule has 24 heavy (non-hydrogen) atoms. The standard InChI is InChI=1S/C16H16FN3O2S2/c1-11-18-13(10-24-11)9-15-19-20-16(22-15)23-8-2-7-21-14-5-3-12(17)4-6-14/h3-6,10H,2,7-9H2,1H3. The summed E-state index contributed by atoms with van der Waals surface area (Å²) in [5.41, 5.74) is 0.949. The van der Waals surface area contributed by atoms with Crippen LogP contribution in [-0.2, 0) is 6.42 Å². The highest BCUT2D eigenvalue weighted by Gasteiger charge is 2.09. The van der Waals surface area contributed by atoms with Crippen LogP contribution >= 0.6 is 23.1 Å². The van der Waals surface area contributed by atoms with Crippen molar-refractivity contribution in [1.82, 2.24) is 15.2 Å². The molecule has 3 rings (SSSR count). The molecular formula is C16H16FN3O2S2. The number of thiazole rings is 1. The summed E-state index contributed by atoms with van der Waals surface area (Å²) in [5.74, 6) is 1.78. The zero-order valence-corrected chi connectivity index (χ0v) is 14.7. The molecule has 3 aromatic rings. The van der Waals surface area contributed by atoms with Crippen LogP contribution in [0.2, 0.25) is 0 Å². The normalized spacial score (nSPS) is 10.9. The number of ether oxygens (including phenoxy) is 1. The van der Waals surface area contributed by atoms with Crippen molar-refractivity contribution in [2.45, 2.75) is 25.0 Å². The summed E-state index contributed by atoms with van der Waals surface area (Å²) < 4.78 is 23.9. The maximum atomic E-state index is 12.8. The van der Waals surface area contributed by atoms with Crippen LogP contribution in [-0.4, -0.2) is 27.5 Å². The predicted octanol–water partition coefficient (Wildman–Crippen LogP) is 4.13. The first kappa shape index (κ1) is 16.9. The topological polar surface area (TPSA) is 61.0 Å². The van der Waals surface area contributed by atoms with Crippen LogP contribution in [0.1, 0.15) is 23.0 Å². The average molecular weight is 365 g/mol. The van der Waals surface area contributed by atoms with E-state index in [1.807, 2.05) is 12.3 Å². The van der Waals surface area contributed by atoms with Gasteiger partial charge in [0, 0.05) is 11.1 Å². The number of benzene rings is 1. The minimum absolute atomic E-state index is 0.266. The maximum Gasteiger partial charge on any atom is 0.276 e. The largest absolute Gasteiger partial charge is 0.494 e. The van der Waals surface area contributed by atoms with E-state index in [1.165, 1.54) is 23.9 Å². The van der Waals surface area contributed by atoms with Crippen molar-refractivity contribution in [3.63, 3.8) is 0 Å². The van der Waals surface area contributed by atoms with E-state index in [0.29, 0.717) is 29.9 Å². The predicted molar refractivity (Wildman–Crippen MR) is 91.2 cm³/mol. The molecule has 2 heterocycles. The Bertz CT molecular complexity index is 774. The molecule has 0 aliphatic carbocycles. The fraction of sp³-hybridized carbons (Fsp3) is 0.312. The molecular weight excluding hydrogens is 349 g/mol. The van der Waals surface area contributed by atoms with E-state index >= 15 is 0 Å². The monoisotopic (exact) mass is 365 g/mol. The lowest BCUT2D eigenvalue weighted by Gasteiger charge is -2.04. The van der Waals surface area contributed by atoms with Gasteiger partial charge >= 0.3 is 0 Å². The van der Waals surface area contributed by atoms with Gasteiger partial charge in [0.25, 0.3) is 5.22 Å². The van der Waals surface area contributed by atoms with E-state index in [2.05, 4.69) is 15.2 Å². The van der Waals surface area contributed by atoms with E-state index in [1.54, 1.807) is 23.5 Å². The molecule has 0 fully saturated rings. The average Bonchev–Trinajstić information content (AvgIpc) is 3.18. The number of nitrogens with zero attached hydrogens (tertiary/aromatic N) is 3. The van der Waals surface area contributed by atoms with Crippen LogP contribution in [0.3, 0.4) is 0 Å². The van der Waals surface area contributed by atoms with Crippen LogP contribution in [0.5, 0.6) is 5.75 Å². The molecule has 0 atom stereocenters. The second kappa shape index (κ2) is 8.25. The molecule has 0 unspecified atom stereocenters. The molecule has 0 aliphatic rings. The third-order valence-electron chi connectivity index (χ3n) is 3.04. The quantitative estimate of drug-likeness (QED) is 0.442. The highest BCUT2D eigenvalue weighted by Crippen LogP contribution is 2.19. The van der Waals surface area contributed by atoms with E-state index in [-0.39, 0.29) is 5.82 Å². The molecule has 0 saturated carbocycles. The molecule has 5 nitrogen and oxygen atoms in total. The van der Waals surface area contributed by atoms with Gasteiger partial charge < -0.3 is 9.15 Å². The van der Waals surface area contributed by atoms with Gasteiger partial charge in [-0.2, -0.15) is 0 Å². The molecule has 2 aromatic heterocycles. The summed E-state index contributed by atoms with van der Waals surface area (Å²) in [6, 6.07) is 6.00. The van der Waals surface area contributed by atoms with Gasteiger partial charge in [-0.1, -0.05) is 11.8 Å². The number of halogens is 1. The summed E-state index contributed by atoms with van der Waals surface area (Å²) in [7, 11) is 0. The maximum absolute atomic E-state index is 12.8. The number of aryl methyl sites for hydroxylation is 1. The number of aromatic nitrogens is 3. The third-order valence-corrected chi connectivity index (χ3v) is 4.77. The molecule has 1 aromatic carbocycles. The summed E-state index contributed by atoms with van der Waals surface area (Å²) >= 11 is 3.10. The highest BCUT2D eigenvalue weighted by atomic mass is 32.2. The number of hydrogen-bond donors (Lipinski definition) is 0. The van der Waals surface area contributed by atoms with Crippen molar-refractivity contribution < 1.29 is 13.5 Å². The highest BCUT2D eigenvalue weighted by molar-refractivity contribution is 7.99. The van der Waals surface area contributed by atoms with Gasteiger partial charge in [-0.3, -0.25) is 0 Å². The Morgan fingerprint density at radius 3 is 2.83 bits per heavy atom. The van der Waals surface area contributed by atoms with Crippen molar-refractivity contribution in [2.75, 3.05) is 12.4 Å². The summed E-state index contributed by atoms with van der Waals surface area (Å²) in [5, 5.41) is 11.6. The molecule has 0 amide bonds. The van der Waals surface area contributed by atoms with Crippen molar-refractivity contribution in [3.05, 3.63) is 52.1 Å². The van der Waals surface area contributed by atoms with E-state index in [9.17, 15) is 4.39 Å². The van der Waals surface area contributed by atoms with Crippen molar-refractivity contribution in [2.24, 2.45) is 0 Å². The van der Waals surface area contributed by atoms with Gasteiger partial charge in [0.15, 0.2) is 0 Å². The lowest BCUT2D eigenvalue weighted by molar-refractivity contribution is 0.318. The van der Waals surface area contributed by atoms with Crippen molar-refractivity contribution in [1.29, 1.82) is 0 Å². The van der Waals surface area contributed by atoms with Gasteiger partial charge in [0.05, 0.1) is 23.7 Å². The number of hydrogen-bond acceptors (Lipinski definition) is 7. The van der Waals surface area contributed by atoms with Crippen molar-refractivity contribution in [3.8, 4) is 5.75 Å².